The Morgan fingerprint density at radius 2 is 2.17 bits per heavy atom. The van der Waals surface area contributed by atoms with Gasteiger partial charge in [-0.1, -0.05) is 12.1 Å². The Hall–Kier alpha value is -1.92. The number of piperidine rings is 1. The van der Waals surface area contributed by atoms with E-state index in [4.69, 9.17) is 4.74 Å². The van der Waals surface area contributed by atoms with Crippen molar-refractivity contribution in [3.8, 4) is 0 Å². The maximum atomic E-state index is 12.6. The lowest BCUT2D eigenvalue weighted by Gasteiger charge is -2.35. The van der Waals surface area contributed by atoms with E-state index in [0.717, 1.165) is 49.9 Å². The molecule has 3 rings (SSSR count). The van der Waals surface area contributed by atoms with Crippen LogP contribution in [-0.4, -0.2) is 48.8 Å². The molecule has 6 heteroatoms. The van der Waals surface area contributed by atoms with E-state index in [2.05, 4.69) is 26.3 Å². The second kappa shape index (κ2) is 7.77. The van der Waals surface area contributed by atoms with Gasteiger partial charge in [0.05, 0.1) is 29.4 Å². The molecule has 1 saturated heterocycles. The number of ether oxygens (including phenoxy) is 1. The molecule has 1 fully saturated rings. The molecular formula is C18H26N4O2. The van der Waals surface area contributed by atoms with Crippen molar-refractivity contribution in [2.24, 2.45) is 5.41 Å². The summed E-state index contributed by atoms with van der Waals surface area (Å²) in [7, 11) is 1.67. The molecule has 1 amide bonds. The van der Waals surface area contributed by atoms with Crippen LogP contribution in [0.4, 0.5) is 0 Å². The summed E-state index contributed by atoms with van der Waals surface area (Å²) in [5, 5.41) is 6.42. The highest BCUT2D eigenvalue weighted by Crippen LogP contribution is 2.29. The maximum Gasteiger partial charge on any atom is 0.228 e. The lowest BCUT2D eigenvalue weighted by atomic mass is 9.78. The van der Waals surface area contributed by atoms with Crippen LogP contribution in [0.5, 0.6) is 0 Å². The zero-order valence-electron chi connectivity index (χ0n) is 14.3. The quantitative estimate of drug-likeness (QED) is 0.756. The first-order chi connectivity index (χ1) is 11.7. The zero-order valence-corrected chi connectivity index (χ0v) is 14.3. The van der Waals surface area contributed by atoms with E-state index in [1.165, 1.54) is 0 Å². The van der Waals surface area contributed by atoms with E-state index >= 15 is 0 Å². The predicted molar refractivity (Wildman–Crippen MR) is 93.8 cm³/mol. The topological polar surface area (TPSA) is 68.2 Å². The average molecular weight is 330 g/mol. The van der Waals surface area contributed by atoms with E-state index in [1.54, 1.807) is 7.11 Å². The lowest BCUT2D eigenvalue weighted by Crippen LogP contribution is -2.50. The van der Waals surface area contributed by atoms with Crippen LogP contribution < -0.4 is 10.6 Å². The third-order valence-corrected chi connectivity index (χ3v) is 4.85. The molecule has 0 aliphatic carbocycles. The molecule has 24 heavy (non-hydrogen) atoms. The van der Waals surface area contributed by atoms with E-state index in [-0.39, 0.29) is 11.3 Å². The fourth-order valence-corrected chi connectivity index (χ4v) is 3.45. The summed E-state index contributed by atoms with van der Waals surface area (Å²) in [6.45, 7) is 3.76. The molecule has 2 heterocycles. The Morgan fingerprint density at radius 3 is 2.96 bits per heavy atom. The number of imidazole rings is 1. The van der Waals surface area contributed by atoms with Crippen molar-refractivity contribution in [2.45, 2.75) is 25.8 Å². The minimum Gasteiger partial charge on any atom is -0.384 e. The third-order valence-electron chi connectivity index (χ3n) is 4.85. The van der Waals surface area contributed by atoms with Crippen LogP contribution in [0.2, 0.25) is 0 Å². The van der Waals surface area contributed by atoms with Crippen LogP contribution in [0.1, 0.15) is 19.3 Å². The molecule has 2 aromatic rings. The molecule has 1 aromatic carbocycles. The Labute approximate surface area is 142 Å². The van der Waals surface area contributed by atoms with Gasteiger partial charge < -0.3 is 19.9 Å². The average Bonchev–Trinajstić information content (AvgIpc) is 3.03. The fraction of sp³-hybridized carbons (Fsp3) is 0.556. The van der Waals surface area contributed by atoms with Gasteiger partial charge >= 0.3 is 0 Å². The minimum atomic E-state index is -0.373. The second-order valence-electron chi connectivity index (χ2n) is 6.50. The Balaban J connectivity index is 1.51. The second-order valence-corrected chi connectivity index (χ2v) is 6.50. The van der Waals surface area contributed by atoms with Gasteiger partial charge in [0.15, 0.2) is 0 Å². The standard InChI is InChI=1S/C18H26N4O2/c1-24-13-18(7-10-19-11-8-18)17(23)20-9-4-12-22-14-21-15-5-2-3-6-16(15)22/h2-3,5-6,14,19H,4,7-13H2,1H3,(H,20,23). The van der Waals surface area contributed by atoms with Crippen molar-refractivity contribution < 1.29 is 9.53 Å². The first-order valence-electron chi connectivity index (χ1n) is 8.63. The molecule has 0 radical (unpaired) electrons. The number of carbonyl (C=O) groups is 1. The number of para-hydroxylation sites is 2. The number of nitrogens with zero attached hydrogens (tertiary/aromatic N) is 2. The van der Waals surface area contributed by atoms with Crippen molar-refractivity contribution in [1.82, 2.24) is 20.2 Å². The first-order valence-corrected chi connectivity index (χ1v) is 8.63. The van der Waals surface area contributed by atoms with Crippen LogP contribution in [-0.2, 0) is 16.1 Å². The number of amides is 1. The Bertz CT molecular complexity index is 671. The Morgan fingerprint density at radius 1 is 1.38 bits per heavy atom. The Kier molecular flexibility index (Phi) is 5.48. The van der Waals surface area contributed by atoms with Gasteiger partial charge in [0.1, 0.15) is 0 Å². The van der Waals surface area contributed by atoms with E-state index in [1.807, 2.05) is 24.5 Å². The summed E-state index contributed by atoms with van der Waals surface area (Å²) in [5.41, 5.74) is 1.77. The van der Waals surface area contributed by atoms with Gasteiger partial charge in [0.2, 0.25) is 5.91 Å². The predicted octanol–water partition coefficient (Wildman–Crippen LogP) is 1.56. The van der Waals surface area contributed by atoms with Crippen LogP contribution in [0.3, 0.4) is 0 Å². The zero-order chi connectivity index (χ0) is 16.8. The summed E-state index contributed by atoms with van der Waals surface area (Å²) in [4.78, 5) is 17.0. The maximum absolute atomic E-state index is 12.6. The van der Waals surface area contributed by atoms with Crippen LogP contribution >= 0.6 is 0 Å². The number of carbonyl (C=O) groups excluding carboxylic acids is 1. The highest BCUT2D eigenvalue weighted by atomic mass is 16.5. The molecule has 1 aromatic heterocycles. The largest absolute Gasteiger partial charge is 0.384 e. The fourth-order valence-electron chi connectivity index (χ4n) is 3.45. The van der Waals surface area contributed by atoms with Gasteiger partial charge in [0.25, 0.3) is 0 Å². The van der Waals surface area contributed by atoms with E-state index in [9.17, 15) is 4.79 Å². The van der Waals surface area contributed by atoms with Gasteiger partial charge in [0, 0.05) is 20.2 Å². The van der Waals surface area contributed by atoms with Gasteiger partial charge in [-0.15, -0.1) is 0 Å². The summed E-state index contributed by atoms with van der Waals surface area (Å²) >= 11 is 0. The normalized spacial score (nSPS) is 17.0. The van der Waals surface area contributed by atoms with Crippen LogP contribution in [0.25, 0.3) is 11.0 Å². The number of hydrogen-bond acceptors (Lipinski definition) is 4. The number of benzene rings is 1. The molecule has 0 saturated carbocycles. The smallest absolute Gasteiger partial charge is 0.228 e. The lowest BCUT2D eigenvalue weighted by molar-refractivity contribution is -0.136. The van der Waals surface area contributed by atoms with Crippen LogP contribution in [0, 0.1) is 5.41 Å². The highest BCUT2D eigenvalue weighted by Gasteiger charge is 2.39. The molecule has 0 bridgehead atoms. The molecule has 6 nitrogen and oxygen atoms in total. The number of nitrogens with one attached hydrogen (secondary N) is 2. The molecular weight excluding hydrogens is 304 g/mol. The summed E-state index contributed by atoms with van der Waals surface area (Å²) in [6, 6.07) is 8.10. The minimum absolute atomic E-state index is 0.126. The molecule has 130 valence electrons. The molecule has 1 aliphatic rings. The first kappa shape index (κ1) is 16.9. The molecule has 0 unspecified atom stereocenters. The number of aryl methyl sites for hydroxylation is 1. The highest BCUT2D eigenvalue weighted by molar-refractivity contribution is 5.83. The van der Waals surface area contributed by atoms with Crippen molar-refractivity contribution in [3.05, 3.63) is 30.6 Å². The van der Waals surface area contributed by atoms with Crippen molar-refractivity contribution in [1.29, 1.82) is 0 Å². The van der Waals surface area contributed by atoms with Crippen molar-refractivity contribution in [2.75, 3.05) is 33.4 Å². The molecule has 1 aliphatic heterocycles. The SMILES string of the molecule is COCC1(C(=O)NCCCn2cnc3ccccc32)CCNCC1. The monoisotopic (exact) mass is 330 g/mol. The van der Waals surface area contributed by atoms with E-state index in [0.29, 0.717) is 13.2 Å². The van der Waals surface area contributed by atoms with Gasteiger partial charge in [-0.25, -0.2) is 4.98 Å². The number of fused-ring (bicyclic) bond motifs is 1. The molecule has 0 spiro atoms. The number of methoxy groups -OCH3 is 1. The molecule has 0 atom stereocenters. The van der Waals surface area contributed by atoms with Gasteiger partial charge in [-0.05, 0) is 44.5 Å². The summed E-state index contributed by atoms with van der Waals surface area (Å²) in [5.74, 6) is 0.126. The third kappa shape index (κ3) is 3.60. The van der Waals surface area contributed by atoms with Crippen molar-refractivity contribution in [3.63, 3.8) is 0 Å². The van der Waals surface area contributed by atoms with Crippen LogP contribution in [0.15, 0.2) is 30.6 Å². The van der Waals surface area contributed by atoms with Crippen molar-refractivity contribution >= 4 is 16.9 Å². The summed E-state index contributed by atoms with van der Waals surface area (Å²) < 4.78 is 7.45. The number of aromatic nitrogens is 2. The summed E-state index contributed by atoms with van der Waals surface area (Å²) in [6.07, 6.45) is 4.41. The van der Waals surface area contributed by atoms with E-state index < -0.39 is 0 Å². The van der Waals surface area contributed by atoms with Gasteiger partial charge in [-0.3, -0.25) is 4.79 Å². The number of rotatable bonds is 7. The molecule has 2 N–H and O–H groups in total. The van der Waals surface area contributed by atoms with Gasteiger partial charge in [-0.2, -0.15) is 0 Å². The number of hydrogen-bond donors (Lipinski definition) is 2.